The van der Waals surface area contributed by atoms with Gasteiger partial charge in [0.2, 0.25) is 0 Å². The number of hydrogen-bond acceptors (Lipinski definition) is 3. The Morgan fingerprint density at radius 2 is 2.11 bits per heavy atom. The quantitative estimate of drug-likeness (QED) is 0.759. The van der Waals surface area contributed by atoms with E-state index < -0.39 is 0 Å². The van der Waals surface area contributed by atoms with Gasteiger partial charge in [0.1, 0.15) is 6.61 Å². The average Bonchev–Trinajstić information content (AvgIpc) is 2.72. The molecule has 0 saturated carbocycles. The van der Waals surface area contributed by atoms with Gasteiger partial charge in [0.15, 0.2) is 5.78 Å². The average molecular weight is 245 g/mol. The second kappa shape index (κ2) is 4.48. The zero-order valence-electron chi connectivity index (χ0n) is 10.8. The Morgan fingerprint density at radius 1 is 1.33 bits per heavy atom. The number of ketones is 1. The highest BCUT2D eigenvalue weighted by Crippen LogP contribution is 2.45. The lowest BCUT2D eigenvalue weighted by molar-refractivity contribution is -0.118. The van der Waals surface area contributed by atoms with Gasteiger partial charge in [-0.3, -0.25) is 9.69 Å². The third-order valence-corrected chi connectivity index (χ3v) is 4.18. The smallest absolute Gasteiger partial charge is 0.161 e. The van der Waals surface area contributed by atoms with E-state index in [0.29, 0.717) is 6.42 Å². The highest BCUT2D eigenvalue weighted by molar-refractivity contribution is 5.82. The molecule has 3 nitrogen and oxygen atoms in total. The minimum atomic E-state index is -0.286. The molecule has 3 heteroatoms. The van der Waals surface area contributed by atoms with E-state index >= 15 is 0 Å². The van der Waals surface area contributed by atoms with Crippen LogP contribution in [-0.2, 0) is 9.53 Å². The number of piperidine rings is 1. The van der Waals surface area contributed by atoms with Crippen molar-refractivity contribution in [3.63, 3.8) is 0 Å². The SMILES string of the molecule is CN1CCCC2(CC(=O)CO2)C1c1ccccc1. The summed E-state index contributed by atoms with van der Waals surface area (Å²) in [6, 6.07) is 10.6. The molecule has 2 aliphatic heterocycles. The molecule has 2 fully saturated rings. The van der Waals surface area contributed by atoms with Crippen molar-refractivity contribution >= 4 is 5.78 Å². The van der Waals surface area contributed by atoms with Crippen LogP contribution in [-0.4, -0.2) is 36.5 Å². The van der Waals surface area contributed by atoms with Gasteiger partial charge in [0.05, 0.1) is 11.6 Å². The van der Waals surface area contributed by atoms with Gasteiger partial charge in [-0.1, -0.05) is 30.3 Å². The van der Waals surface area contributed by atoms with Crippen molar-refractivity contribution < 1.29 is 9.53 Å². The molecule has 0 N–H and O–H groups in total. The third-order valence-electron chi connectivity index (χ3n) is 4.18. The summed E-state index contributed by atoms with van der Waals surface area (Å²) in [5, 5.41) is 0. The van der Waals surface area contributed by atoms with Gasteiger partial charge in [-0.15, -0.1) is 0 Å². The van der Waals surface area contributed by atoms with E-state index in [4.69, 9.17) is 4.74 Å². The van der Waals surface area contributed by atoms with Crippen LogP contribution in [0.4, 0.5) is 0 Å². The maximum atomic E-state index is 11.7. The molecule has 3 rings (SSSR count). The van der Waals surface area contributed by atoms with Gasteiger partial charge in [0, 0.05) is 6.42 Å². The molecule has 1 aromatic carbocycles. The number of likely N-dealkylation sites (tertiary alicyclic amines) is 1. The van der Waals surface area contributed by atoms with Crippen LogP contribution in [0.15, 0.2) is 30.3 Å². The van der Waals surface area contributed by atoms with Gasteiger partial charge in [0.25, 0.3) is 0 Å². The van der Waals surface area contributed by atoms with Crippen LogP contribution in [0.1, 0.15) is 30.9 Å². The molecular weight excluding hydrogens is 226 g/mol. The summed E-state index contributed by atoms with van der Waals surface area (Å²) < 4.78 is 5.94. The maximum Gasteiger partial charge on any atom is 0.161 e. The van der Waals surface area contributed by atoms with Gasteiger partial charge < -0.3 is 4.74 Å². The van der Waals surface area contributed by atoms with Crippen molar-refractivity contribution in [3.8, 4) is 0 Å². The lowest BCUT2D eigenvalue weighted by Gasteiger charge is -2.46. The summed E-state index contributed by atoms with van der Waals surface area (Å²) in [5.41, 5.74) is 0.972. The normalized spacial score (nSPS) is 33.2. The lowest BCUT2D eigenvalue weighted by atomic mass is 9.79. The minimum absolute atomic E-state index is 0.207. The summed E-state index contributed by atoms with van der Waals surface area (Å²) in [7, 11) is 2.13. The molecule has 2 unspecified atom stereocenters. The van der Waals surface area contributed by atoms with Gasteiger partial charge in [-0.2, -0.15) is 0 Å². The Morgan fingerprint density at radius 3 is 2.78 bits per heavy atom. The number of likely N-dealkylation sites (N-methyl/N-ethyl adjacent to an activating group) is 1. The van der Waals surface area contributed by atoms with Crippen LogP contribution < -0.4 is 0 Å². The molecule has 0 aliphatic carbocycles. The largest absolute Gasteiger partial charge is 0.365 e. The maximum absolute atomic E-state index is 11.7. The highest BCUT2D eigenvalue weighted by Gasteiger charge is 2.50. The van der Waals surface area contributed by atoms with Crippen molar-refractivity contribution in [1.29, 1.82) is 0 Å². The van der Waals surface area contributed by atoms with E-state index in [9.17, 15) is 4.79 Å². The van der Waals surface area contributed by atoms with Crippen LogP contribution in [0.2, 0.25) is 0 Å². The van der Waals surface area contributed by atoms with Crippen molar-refractivity contribution in [2.24, 2.45) is 0 Å². The van der Waals surface area contributed by atoms with E-state index in [1.54, 1.807) is 0 Å². The molecule has 2 atom stereocenters. The zero-order valence-corrected chi connectivity index (χ0v) is 10.8. The summed E-state index contributed by atoms with van der Waals surface area (Å²) >= 11 is 0. The van der Waals surface area contributed by atoms with Crippen molar-refractivity contribution in [2.75, 3.05) is 20.2 Å². The monoisotopic (exact) mass is 245 g/mol. The Balaban J connectivity index is 1.99. The van der Waals surface area contributed by atoms with E-state index in [1.807, 2.05) is 6.07 Å². The predicted octanol–water partition coefficient (Wildman–Crippen LogP) is 2.18. The second-order valence-corrected chi connectivity index (χ2v) is 5.47. The van der Waals surface area contributed by atoms with Crippen LogP contribution in [0, 0.1) is 0 Å². The summed E-state index contributed by atoms with van der Waals surface area (Å²) in [4.78, 5) is 14.0. The number of nitrogens with zero attached hydrogens (tertiary/aromatic N) is 1. The number of rotatable bonds is 1. The summed E-state index contributed by atoms with van der Waals surface area (Å²) in [6.45, 7) is 1.36. The van der Waals surface area contributed by atoms with Crippen LogP contribution in [0.25, 0.3) is 0 Å². The van der Waals surface area contributed by atoms with Crippen LogP contribution >= 0.6 is 0 Å². The van der Waals surface area contributed by atoms with E-state index in [2.05, 4.69) is 36.2 Å². The fraction of sp³-hybridized carbons (Fsp3) is 0.533. The summed E-state index contributed by atoms with van der Waals surface area (Å²) in [5.74, 6) is 0.242. The van der Waals surface area contributed by atoms with Crippen molar-refractivity contribution in [1.82, 2.24) is 4.90 Å². The molecule has 0 amide bonds. The number of Topliss-reactive ketones (excluding diaryl/α,β-unsaturated/α-hetero) is 1. The first-order chi connectivity index (χ1) is 8.71. The molecule has 2 aliphatic rings. The number of benzene rings is 1. The minimum Gasteiger partial charge on any atom is -0.365 e. The fourth-order valence-electron chi connectivity index (χ4n) is 3.48. The number of carbonyl (C=O) groups is 1. The first kappa shape index (κ1) is 11.9. The molecule has 0 aromatic heterocycles. The fourth-order valence-corrected chi connectivity index (χ4v) is 3.48. The Hall–Kier alpha value is -1.19. The number of carbonyl (C=O) groups excluding carboxylic acids is 1. The van der Waals surface area contributed by atoms with E-state index in [-0.39, 0.29) is 24.0 Å². The van der Waals surface area contributed by atoms with Crippen LogP contribution in [0.5, 0.6) is 0 Å². The van der Waals surface area contributed by atoms with Crippen molar-refractivity contribution in [3.05, 3.63) is 35.9 Å². The molecule has 1 spiro atoms. The molecule has 1 aromatic rings. The first-order valence-electron chi connectivity index (χ1n) is 6.62. The second-order valence-electron chi connectivity index (χ2n) is 5.47. The predicted molar refractivity (Wildman–Crippen MR) is 69.4 cm³/mol. The highest BCUT2D eigenvalue weighted by atomic mass is 16.5. The summed E-state index contributed by atoms with van der Waals surface area (Å²) in [6.07, 6.45) is 2.66. The lowest BCUT2D eigenvalue weighted by Crippen LogP contribution is -2.49. The molecule has 2 saturated heterocycles. The zero-order chi connectivity index (χ0) is 12.6. The van der Waals surface area contributed by atoms with Gasteiger partial charge >= 0.3 is 0 Å². The Kier molecular flexibility index (Phi) is 2.96. The van der Waals surface area contributed by atoms with Gasteiger partial charge in [-0.25, -0.2) is 0 Å². The molecule has 2 heterocycles. The van der Waals surface area contributed by atoms with E-state index in [1.165, 1.54) is 5.56 Å². The number of hydrogen-bond donors (Lipinski definition) is 0. The van der Waals surface area contributed by atoms with Crippen LogP contribution in [0.3, 0.4) is 0 Å². The molecule has 96 valence electrons. The standard InChI is InChI=1S/C15H19NO2/c1-16-9-5-8-15(10-13(17)11-18-15)14(16)12-6-3-2-4-7-12/h2-4,6-7,14H,5,8-11H2,1H3. The van der Waals surface area contributed by atoms with Crippen molar-refractivity contribution in [2.45, 2.75) is 30.9 Å². The molecule has 18 heavy (non-hydrogen) atoms. The Labute approximate surface area is 108 Å². The molecular formula is C15H19NO2. The first-order valence-corrected chi connectivity index (χ1v) is 6.62. The van der Waals surface area contributed by atoms with Gasteiger partial charge in [-0.05, 0) is 32.0 Å². The molecule has 0 bridgehead atoms. The Bertz CT molecular complexity index is 445. The molecule has 0 radical (unpaired) electrons. The number of ether oxygens (including phenoxy) is 1. The third kappa shape index (κ3) is 1.88. The topological polar surface area (TPSA) is 29.5 Å². The van der Waals surface area contributed by atoms with E-state index in [0.717, 1.165) is 19.4 Å².